The average Bonchev–Trinajstić information content (AvgIpc) is 2.95. The van der Waals surface area contributed by atoms with Gasteiger partial charge in [0.1, 0.15) is 17.5 Å². The van der Waals surface area contributed by atoms with Crippen LogP contribution in [0.3, 0.4) is 0 Å². The SMILES string of the molecule is C=CC(=O)N[C@@H](C)CN(C/C(C)=C\C)c1nc(=O)n2c3c(c(-c4cc(Cl)c(F)cc4F)c(C(F)(F)F)cc13)SC[C@@H]2CO. The molecule has 2 N–H and O–H groups in total. The Bertz CT molecular complexity index is 1690. The maximum atomic E-state index is 15.2. The average molecular weight is 643 g/mol. The van der Waals surface area contributed by atoms with E-state index in [4.69, 9.17) is 11.6 Å². The number of allylic oxidation sites excluding steroid dienone is 1. The molecule has 230 valence electrons. The number of benzene rings is 2. The number of alkyl halides is 3. The van der Waals surface area contributed by atoms with Gasteiger partial charge < -0.3 is 15.3 Å². The fourth-order valence-corrected chi connectivity index (χ4v) is 6.45. The Kier molecular flexibility index (Phi) is 9.57. The summed E-state index contributed by atoms with van der Waals surface area (Å²) in [6.45, 7) is 8.34. The first-order chi connectivity index (χ1) is 20.2. The third kappa shape index (κ3) is 6.43. The minimum atomic E-state index is -5.02. The molecule has 2 atom stereocenters. The predicted molar refractivity (Wildman–Crippen MR) is 158 cm³/mol. The molecule has 1 aliphatic rings. The minimum Gasteiger partial charge on any atom is -0.394 e. The molecule has 2 aromatic carbocycles. The third-order valence-electron chi connectivity index (χ3n) is 7.03. The van der Waals surface area contributed by atoms with Gasteiger partial charge in [-0.3, -0.25) is 9.36 Å². The van der Waals surface area contributed by atoms with E-state index < -0.39 is 69.8 Å². The number of halogens is 6. The molecule has 3 aromatic rings. The van der Waals surface area contributed by atoms with Gasteiger partial charge in [-0.1, -0.05) is 29.8 Å². The number of aromatic nitrogens is 2. The van der Waals surface area contributed by atoms with Crippen molar-refractivity contribution in [2.24, 2.45) is 0 Å². The molecule has 43 heavy (non-hydrogen) atoms. The van der Waals surface area contributed by atoms with Crippen LogP contribution in [0.4, 0.5) is 27.8 Å². The fraction of sp³-hybridized carbons (Fsp3) is 0.345. The van der Waals surface area contributed by atoms with E-state index in [9.17, 15) is 32.3 Å². The minimum absolute atomic E-state index is 0.0130. The van der Waals surface area contributed by atoms with Gasteiger partial charge in [-0.15, -0.1) is 11.8 Å². The van der Waals surface area contributed by atoms with Crippen LogP contribution in [0.1, 0.15) is 32.4 Å². The molecule has 0 spiro atoms. The molecule has 1 aromatic heterocycles. The lowest BCUT2D eigenvalue weighted by Crippen LogP contribution is -2.43. The predicted octanol–water partition coefficient (Wildman–Crippen LogP) is 6.12. The maximum Gasteiger partial charge on any atom is 0.417 e. The normalized spacial score (nSPS) is 15.9. The van der Waals surface area contributed by atoms with E-state index in [-0.39, 0.29) is 40.5 Å². The van der Waals surface area contributed by atoms with Gasteiger partial charge in [-0.05, 0) is 39.0 Å². The smallest absolute Gasteiger partial charge is 0.394 e. The van der Waals surface area contributed by atoms with Crippen molar-refractivity contribution in [2.45, 2.75) is 43.9 Å². The van der Waals surface area contributed by atoms with Gasteiger partial charge in [0.05, 0.1) is 28.8 Å². The largest absolute Gasteiger partial charge is 0.417 e. The summed E-state index contributed by atoms with van der Waals surface area (Å²) < 4.78 is 74.6. The van der Waals surface area contributed by atoms with Crippen LogP contribution in [0.15, 0.2) is 52.2 Å². The first-order valence-electron chi connectivity index (χ1n) is 13.1. The van der Waals surface area contributed by atoms with E-state index >= 15 is 4.39 Å². The summed E-state index contributed by atoms with van der Waals surface area (Å²) in [5, 5.41) is 12.1. The van der Waals surface area contributed by atoms with E-state index in [0.29, 0.717) is 6.07 Å². The number of rotatable bonds is 9. The van der Waals surface area contributed by atoms with Gasteiger partial charge in [0.15, 0.2) is 0 Å². The second-order valence-corrected chi connectivity index (χ2v) is 11.6. The van der Waals surface area contributed by atoms with Crippen LogP contribution in [-0.4, -0.2) is 52.1 Å². The Labute approximate surface area is 253 Å². The van der Waals surface area contributed by atoms with Crippen LogP contribution < -0.4 is 15.9 Å². The molecule has 0 bridgehead atoms. The van der Waals surface area contributed by atoms with E-state index in [1.54, 1.807) is 31.7 Å². The van der Waals surface area contributed by atoms with Crippen molar-refractivity contribution in [2.75, 3.05) is 30.3 Å². The summed E-state index contributed by atoms with van der Waals surface area (Å²) in [7, 11) is 0. The van der Waals surface area contributed by atoms with Gasteiger partial charge >= 0.3 is 11.9 Å². The lowest BCUT2D eigenvalue weighted by atomic mass is 9.95. The van der Waals surface area contributed by atoms with Crippen LogP contribution in [0, 0.1) is 11.6 Å². The van der Waals surface area contributed by atoms with Gasteiger partial charge in [0.25, 0.3) is 0 Å². The molecule has 0 saturated heterocycles. The molecule has 0 fully saturated rings. The molecular weight excluding hydrogens is 615 g/mol. The Morgan fingerprint density at radius 3 is 2.63 bits per heavy atom. The molecule has 7 nitrogen and oxygen atoms in total. The van der Waals surface area contributed by atoms with Crippen molar-refractivity contribution in [3.63, 3.8) is 0 Å². The number of nitrogens with zero attached hydrogens (tertiary/aromatic N) is 3. The number of nitrogens with one attached hydrogen (secondary N) is 1. The zero-order valence-corrected chi connectivity index (χ0v) is 24.9. The zero-order valence-electron chi connectivity index (χ0n) is 23.4. The van der Waals surface area contributed by atoms with Crippen molar-refractivity contribution in [1.29, 1.82) is 0 Å². The monoisotopic (exact) mass is 642 g/mol. The fourth-order valence-electron chi connectivity index (χ4n) is 4.97. The number of carbonyl (C=O) groups excluding carboxylic acids is 1. The maximum absolute atomic E-state index is 15.2. The van der Waals surface area contributed by atoms with E-state index in [1.807, 2.05) is 0 Å². The van der Waals surface area contributed by atoms with Crippen molar-refractivity contribution in [1.82, 2.24) is 14.9 Å². The molecule has 0 saturated carbocycles. The first kappa shape index (κ1) is 32.5. The Morgan fingerprint density at radius 2 is 2.02 bits per heavy atom. The summed E-state index contributed by atoms with van der Waals surface area (Å²) in [6.07, 6.45) is -2.15. The second kappa shape index (κ2) is 12.7. The van der Waals surface area contributed by atoms with Gasteiger partial charge in [-0.25, -0.2) is 13.6 Å². The Balaban J connectivity index is 2.14. The van der Waals surface area contributed by atoms with Crippen molar-refractivity contribution in [3.8, 4) is 11.1 Å². The standard InChI is InChI=1S/C29H28ClF5N4O3S/c1-5-14(3)10-38(11-15(4)36-23(41)6-2)27-18-7-19(29(33,34)35)24(17-8-20(30)22(32)9-21(17)31)26-25(18)39(28(42)37-27)16(12-40)13-43-26/h5-9,15-16,40H,2,10-13H2,1,3-4H3,(H,36,41)/b14-5-/t15-,16-/m0/s1. The number of hydrogen-bond donors (Lipinski definition) is 2. The summed E-state index contributed by atoms with van der Waals surface area (Å²) in [6, 6.07) is 0.599. The Morgan fingerprint density at radius 1 is 1.33 bits per heavy atom. The quantitative estimate of drug-likeness (QED) is 0.127. The van der Waals surface area contributed by atoms with Crippen molar-refractivity contribution in [3.05, 3.63) is 75.2 Å². The van der Waals surface area contributed by atoms with Crippen LogP contribution in [0.5, 0.6) is 0 Å². The lowest BCUT2D eigenvalue weighted by Gasteiger charge is -2.33. The van der Waals surface area contributed by atoms with Crippen LogP contribution in [-0.2, 0) is 11.0 Å². The molecule has 14 heteroatoms. The number of aliphatic hydroxyl groups is 1. The number of amides is 1. The summed E-state index contributed by atoms with van der Waals surface area (Å²) in [4.78, 5) is 31.2. The van der Waals surface area contributed by atoms with E-state index in [1.165, 1.54) is 0 Å². The molecule has 0 unspecified atom stereocenters. The highest BCUT2D eigenvalue weighted by molar-refractivity contribution is 7.99. The molecule has 0 radical (unpaired) electrons. The van der Waals surface area contributed by atoms with Gasteiger partial charge in [0.2, 0.25) is 5.91 Å². The van der Waals surface area contributed by atoms with E-state index in [0.717, 1.165) is 40.1 Å². The third-order valence-corrected chi connectivity index (χ3v) is 8.55. The lowest BCUT2D eigenvalue weighted by molar-refractivity contribution is -0.137. The summed E-state index contributed by atoms with van der Waals surface area (Å²) in [5.41, 5.74) is -2.46. The second-order valence-electron chi connectivity index (χ2n) is 10.1. The van der Waals surface area contributed by atoms with Crippen LogP contribution >= 0.6 is 23.4 Å². The van der Waals surface area contributed by atoms with Gasteiger partial charge in [-0.2, -0.15) is 18.2 Å². The summed E-state index contributed by atoms with van der Waals surface area (Å²) in [5.74, 6) is -2.99. The number of thioether (sulfide) groups is 1. The molecule has 2 heterocycles. The molecule has 1 aliphatic heterocycles. The topological polar surface area (TPSA) is 87.5 Å². The highest BCUT2D eigenvalue weighted by atomic mass is 35.5. The van der Waals surface area contributed by atoms with Crippen molar-refractivity contribution < 1.29 is 31.9 Å². The number of anilines is 1. The number of hydrogen-bond acceptors (Lipinski definition) is 6. The van der Waals surface area contributed by atoms with Gasteiger partial charge in [0, 0.05) is 52.4 Å². The van der Waals surface area contributed by atoms with Crippen LogP contribution in [0.25, 0.3) is 22.0 Å². The van der Waals surface area contributed by atoms with Crippen molar-refractivity contribution >= 4 is 46.0 Å². The summed E-state index contributed by atoms with van der Waals surface area (Å²) >= 11 is 6.79. The number of carbonyl (C=O) groups is 1. The number of aliphatic hydroxyl groups excluding tert-OH is 1. The molecule has 0 aliphatic carbocycles. The zero-order chi connectivity index (χ0) is 31.8. The van der Waals surface area contributed by atoms with E-state index in [2.05, 4.69) is 16.9 Å². The highest BCUT2D eigenvalue weighted by Gasteiger charge is 2.40. The molecule has 1 amide bonds. The molecule has 4 rings (SSSR count). The first-order valence-corrected chi connectivity index (χ1v) is 14.5. The molecular formula is C29H28ClF5N4O3S. The Hall–Kier alpha value is -3.42. The van der Waals surface area contributed by atoms with Crippen LogP contribution in [0.2, 0.25) is 5.02 Å². The highest BCUT2D eigenvalue weighted by Crippen LogP contribution is 2.50.